The fraction of sp³-hybridized carbons (Fsp3) is 0.909. The first-order valence-electron chi connectivity index (χ1n) is 5.93. The van der Waals surface area contributed by atoms with Crippen molar-refractivity contribution in [3.8, 4) is 0 Å². The molecule has 0 aliphatic carbocycles. The first-order valence-corrected chi connectivity index (χ1v) is 5.93. The monoisotopic (exact) mass is 213 g/mol. The van der Waals surface area contributed by atoms with Gasteiger partial charge >= 0.3 is 6.03 Å². The molecule has 15 heavy (non-hydrogen) atoms. The quantitative estimate of drug-likeness (QED) is 0.739. The van der Waals surface area contributed by atoms with Crippen LogP contribution < -0.4 is 11.1 Å². The van der Waals surface area contributed by atoms with Crippen molar-refractivity contribution in [3.63, 3.8) is 0 Å². The fourth-order valence-electron chi connectivity index (χ4n) is 2.08. The first kappa shape index (κ1) is 12.3. The van der Waals surface area contributed by atoms with Crippen LogP contribution in [0.5, 0.6) is 0 Å². The molecule has 2 unspecified atom stereocenters. The van der Waals surface area contributed by atoms with Crippen molar-refractivity contribution >= 4 is 6.03 Å². The first-order chi connectivity index (χ1) is 7.19. The molecule has 1 fully saturated rings. The lowest BCUT2D eigenvalue weighted by molar-refractivity contribution is 0.135. The average Bonchev–Trinajstić information content (AvgIpc) is 2.25. The molecule has 4 nitrogen and oxygen atoms in total. The summed E-state index contributed by atoms with van der Waals surface area (Å²) in [4.78, 5) is 13.7. The van der Waals surface area contributed by atoms with Crippen LogP contribution in [0.4, 0.5) is 4.79 Å². The zero-order chi connectivity index (χ0) is 11.3. The Morgan fingerprint density at radius 1 is 1.60 bits per heavy atom. The number of amides is 2. The number of carbonyl (C=O) groups is 1. The summed E-state index contributed by atoms with van der Waals surface area (Å²) in [5, 5.41) is 2.91. The summed E-state index contributed by atoms with van der Waals surface area (Å²) in [6, 6.07) is 0.282. The zero-order valence-corrected chi connectivity index (χ0v) is 9.83. The topological polar surface area (TPSA) is 58.4 Å². The van der Waals surface area contributed by atoms with Crippen molar-refractivity contribution in [2.75, 3.05) is 19.6 Å². The lowest BCUT2D eigenvalue weighted by atomic mass is 9.93. The Labute approximate surface area is 92.2 Å². The molecular formula is C11H23N3O. The van der Waals surface area contributed by atoms with E-state index >= 15 is 0 Å². The SMILES string of the molecule is CCCNC(=O)N1CCC(C)CC1CN. The number of hydrogen-bond acceptors (Lipinski definition) is 2. The average molecular weight is 213 g/mol. The van der Waals surface area contributed by atoms with Gasteiger partial charge in [-0.15, -0.1) is 0 Å². The lowest BCUT2D eigenvalue weighted by Gasteiger charge is -2.37. The Kier molecular flexibility index (Phi) is 4.88. The van der Waals surface area contributed by atoms with Crippen molar-refractivity contribution in [2.24, 2.45) is 11.7 Å². The number of hydrogen-bond donors (Lipinski definition) is 2. The Balaban J connectivity index is 2.47. The van der Waals surface area contributed by atoms with E-state index in [9.17, 15) is 4.79 Å². The second-order valence-corrected chi connectivity index (χ2v) is 4.44. The normalized spacial score (nSPS) is 26.5. The largest absolute Gasteiger partial charge is 0.338 e. The highest BCUT2D eigenvalue weighted by Gasteiger charge is 2.28. The van der Waals surface area contributed by atoms with Gasteiger partial charge in [-0.1, -0.05) is 13.8 Å². The zero-order valence-electron chi connectivity index (χ0n) is 9.83. The Morgan fingerprint density at radius 2 is 2.33 bits per heavy atom. The fourth-order valence-corrected chi connectivity index (χ4v) is 2.08. The third-order valence-corrected chi connectivity index (χ3v) is 3.04. The molecular weight excluding hydrogens is 190 g/mol. The molecule has 2 atom stereocenters. The Morgan fingerprint density at radius 3 is 2.93 bits per heavy atom. The van der Waals surface area contributed by atoms with Crippen LogP contribution in [0.3, 0.4) is 0 Å². The summed E-state index contributed by atoms with van der Waals surface area (Å²) in [5.41, 5.74) is 5.70. The molecule has 1 aliphatic rings. The predicted molar refractivity (Wildman–Crippen MR) is 61.6 cm³/mol. The summed E-state index contributed by atoms with van der Waals surface area (Å²) < 4.78 is 0. The van der Waals surface area contributed by atoms with Crippen molar-refractivity contribution in [1.29, 1.82) is 0 Å². The van der Waals surface area contributed by atoms with Crippen LogP contribution in [0, 0.1) is 5.92 Å². The third kappa shape index (κ3) is 3.38. The van der Waals surface area contributed by atoms with Gasteiger partial charge in [0, 0.05) is 25.7 Å². The minimum Gasteiger partial charge on any atom is -0.338 e. The third-order valence-electron chi connectivity index (χ3n) is 3.04. The molecule has 0 radical (unpaired) electrons. The van der Waals surface area contributed by atoms with E-state index < -0.39 is 0 Å². The van der Waals surface area contributed by atoms with Gasteiger partial charge in [-0.05, 0) is 25.2 Å². The molecule has 0 spiro atoms. The van der Waals surface area contributed by atoms with Gasteiger partial charge in [0.15, 0.2) is 0 Å². The highest BCUT2D eigenvalue weighted by Crippen LogP contribution is 2.21. The molecule has 0 saturated carbocycles. The van der Waals surface area contributed by atoms with E-state index in [1.807, 2.05) is 4.90 Å². The number of urea groups is 1. The van der Waals surface area contributed by atoms with Gasteiger partial charge in [0.2, 0.25) is 0 Å². The maximum Gasteiger partial charge on any atom is 0.317 e. The van der Waals surface area contributed by atoms with E-state index in [0.717, 1.165) is 32.4 Å². The molecule has 3 N–H and O–H groups in total. The van der Waals surface area contributed by atoms with E-state index in [-0.39, 0.29) is 12.1 Å². The van der Waals surface area contributed by atoms with Gasteiger partial charge in [-0.3, -0.25) is 0 Å². The van der Waals surface area contributed by atoms with E-state index in [2.05, 4.69) is 19.2 Å². The molecule has 0 bridgehead atoms. The maximum atomic E-state index is 11.8. The van der Waals surface area contributed by atoms with Gasteiger partial charge in [-0.25, -0.2) is 4.79 Å². The molecule has 1 rings (SSSR count). The molecule has 0 aromatic rings. The highest BCUT2D eigenvalue weighted by atomic mass is 16.2. The standard InChI is InChI=1S/C11H23N3O/c1-3-5-13-11(15)14-6-4-9(2)7-10(14)8-12/h9-10H,3-8,12H2,1-2H3,(H,13,15). The number of rotatable bonds is 3. The van der Waals surface area contributed by atoms with Gasteiger partial charge in [0.1, 0.15) is 0 Å². The number of piperidine rings is 1. The Hall–Kier alpha value is -0.770. The van der Waals surface area contributed by atoms with Crippen molar-refractivity contribution in [1.82, 2.24) is 10.2 Å². The van der Waals surface area contributed by atoms with E-state index in [4.69, 9.17) is 5.73 Å². The van der Waals surface area contributed by atoms with Crippen LogP contribution >= 0.6 is 0 Å². The van der Waals surface area contributed by atoms with Crippen LogP contribution in [0.25, 0.3) is 0 Å². The second-order valence-electron chi connectivity index (χ2n) is 4.44. The Bertz CT molecular complexity index is 208. The number of likely N-dealkylation sites (tertiary alicyclic amines) is 1. The van der Waals surface area contributed by atoms with Crippen LogP contribution in [-0.2, 0) is 0 Å². The number of carbonyl (C=O) groups excluding carboxylic acids is 1. The number of nitrogens with one attached hydrogen (secondary N) is 1. The minimum absolute atomic E-state index is 0.0548. The van der Waals surface area contributed by atoms with E-state index in [0.29, 0.717) is 12.5 Å². The lowest BCUT2D eigenvalue weighted by Crippen LogP contribution is -2.52. The van der Waals surface area contributed by atoms with Crippen LogP contribution in [0.1, 0.15) is 33.1 Å². The summed E-state index contributed by atoms with van der Waals surface area (Å²) in [7, 11) is 0. The number of nitrogens with zero attached hydrogens (tertiary/aromatic N) is 1. The number of nitrogens with two attached hydrogens (primary N) is 1. The van der Waals surface area contributed by atoms with Crippen molar-refractivity contribution < 1.29 is 4.79 Å². The van der Waals surface area contributed by atoms with Crippen molar-refractivity contribution in [3.05, 3.63) is 0 Å². The molecule has 0 aromatic carbocycles. The van der Waals surface area contributed by atoms with Crippen LogP contribution in [-0.4, -0.2) is 36.6 Å². The summed E-state index contributed by atoms with van der Waals surface area (Å²) in [6.45, 7) is 6.45. The summed E-state index contributed by atoms with van der Waals surface area (Å²) in [5.74, 6) is 0.689. The smallest absolute Gasteiger partial charge is 0.317 e. The molecule has 1 heterocycles. The highest BCUT2D eigenvalue weighted by molar-refractivity contribution is 5.74. The predicted octanol–water partition coefficient (Wildman–Crippen LogP) is 1.17. The van der Waals surface area contributed by atoms with Gasteiger partial charge in [0.25, 0.3) is 0 Å². The molecule has 4 heteroatoms. The van der Waals surface area contributed by atoms with Crippen molar-refractivity contribution in [2.45, 2.75) is 39.2 Å². The summed E-state index contributed by atoms with van der Waals surface area (Å²) >= 11 is 0. The van der Waals surface area contributed by atoms with Crippen LogP contribution in [0.2, 0.25) is 0 Å². The molecule has 88 valence electrons. The van der Waals surface area contributed by atoms with E-state index in [1.165, 1.54) is 0 Å². The van der Waals surface area contributed by atoms with Gasteiger partial charge in [0.05, 0.1) is 0 Å². The molecule has 1 saturated heterocycles. The van der Waals surface area contributed by atoms with Gasteiger partial charge < -0.3 is 16.0 Å². The maximum absolute atomic E-state index is 11.8. The van der Waals surface area contributed by atoms with Gasteiger partial charge in [-0.2, -0.15) is 0 Å². The minimum atomic E-state index is 0.0548. The second kappa shape index (κ2) is 5.95. The molecule has 2 amide bonds. The summed E-state index contributed by atoms with van der Waals surface area (Å²) in [6.07, 6.45) is 3.11. The van der Waals surface area contributed by atoms with E-state index in [1.54, 1.807) is 0 Å². The van der Waals surface area contributed by atoms with Crippen LogP contribution in [0.15, 0.2) is 0 Å². The molecule has 1 aliphatic heterocycles. The molecule has 0 aromatic heterocycles.